The average Bonchev–Trinajstić information content (AvgIpc) is 2.86. The number of ether oxygens (including phenoxy) is 3. The Labute approximate surface area is 208 Å². The van der Waals surface area contributed by atoms with E-state index in [2.05, 4.69) is 5.32 Å². The molecule has 8 heteroatoms. The summed E-state index contributed by atoms with van der Waals surface area (Å²) in [7, 11) is 2.80. The third-order valence-electron chi connectivity index (χ3n) is 6.67. The first-order valence-corrected chi connectivity index (χ1v) is 11.6. The standard InChI is InChI=1S/C28H28FNO6/c1-15-12-21-25(26(31)22(15)27(32)35-4)24(18-6-5-7-19(29)13-18)23(16(2)30-21)28(33)36-14-17-8-10-20(34-3)11-9-17/h5-11,13,15,22,24,30H,12,14H2,1-4H3/t15-,22+,24+/m0/s1. The zero-order valence-corrected chi connectivity index (χ0v) is 20.6. The van der Waals surface area contributed by atoms with Crippen molar-refractivity contribution in [3.8, 4) is 5.75 Å². The van der Waals surface area contributed by atoms with Gasteiger partial charge in [0.2, 0.25) is 0 Å². The van der Waals surface area contributed by atoms with Gasteiger partial charge >= 0.3 is 11.9 Å². The monoisotopic (exact) mass is 493 g/mol. The van der Waals surface area contributed by atoms with Crippen molar-refractivity contribution < 1.29 is 33.0 Å². The molecule has 36 heavy (non-hydrogen) atoms. The number of dihydropyridines is 1. The van der Waals surface area contributed by atoms with Gasteiger partial charge in [-0.1, -0.05) is 31.2 Å². The fourth-order valence-corrected chi connectivity index (χ4v) is 4.92. The molecule has 2 aromatic carbocycles. The summed E-state index contributed by atoms with van der Waals surface area (Å²) in [6, 6.07) is 12.9. The summed E-state index contributed by atoms with van der Waals surface area (Å²) >= 11 is 0. The normalized spacial score (nSPS) is 21.5. The number of carbonyl (C=O) groups is 3. The molecule has 1 heterocycles. The smallest absolute Gasteiger partial charge is 0.337 e. The van der Waals surface area contributed by atoms with Crippen LogP contribution in [-0.2, 0) is 30.5 Å². The molecule has 4 rings (SSSR count). The average molecular weight is 494 g/mol. The van der Waals surface area contributed by atoms with Gasteiger partial charge in [0.15, 0.2) is 5.78 Å². The van der Waals surface area contributed by atoms with E-state index in [-0.39, 0.29) is 23.7 Å². The Morgan fingerprint density at radius 3 is 2.47 bits per heavy atom. The summed E-state index contributed by atoms with van der Waals surface area (Å²) in [5, 5.41) is 3.19. The molecule has 0 unspecified atom stereocenters. The second kappa shape index (κ2) is 10.4. The predicted molar refractivity (Wildman–Crippen MR) is 129 cm³/mol. The fraction of sp³-hybridized carbons (Fsp3) is 0.321. The summed E-state index contributed by atoms with van der Waals surface area (Å²) in [5.41, 5.74) is 2.76. The van der Waals surface area contributed by atoms with Crippen LogP contribution in [0.3, 0.4) is 0 Å². The van der Waals surface area contributed by atoms with Gasteiger partial charge < -0.3 is 19.5 Å². The molecule has 188 valence electrons. The van der Waals surface area contributed by atoms with E-state index < -0.39 is 35.4 Å². The van der Waals surface area contributed by atoms with E-state index in [1.54, 1.807) is 51.3 Å². The quantitative estimate of drug-likeness (QED) is 0.477. The van der Waals surface area contributed by atoms with Crippen molar-refractivity contribution in [2.75, 3.05) is 14.2 Å². The van der Waals surface area contributed by atoms with Gasteiger partial charge in [-0.25, -0.2) is 9.18 Å². The van der Waals surface area contributed by atoms with Crippen LogP contribution in [0, 0.1) is 17.7 Å². The zero-order valence-electron chi connectivity index (χ0n) is 20.6. The van der Waals surface area contributed by atoms with E-state index >= 15 is 0 Å². The molecule has 0 radical (unpaired) electrons. The number of Topliss-reactive ketones (excluding diaryl/α,β-unsaturated/α-hetero) is 1. The number of rotatable bonds is 6. The van der Waals surface area contributed by atoms with Crippen LogP contribution in [0.1, 0.15) is 37.3 Å². The van der Waals surface area contributed by atoms with Gasteiger partial charge in [0.25, 0.3) is 0 Å². The maximum absolute atomic E-state index is 14.3. The number of ketones is 1. The largest absolute Gasteiger partial charge is 0.497 e. The minimum Gasteiger partial charge on any atom is -0.497 e. The van der Waals surface area contributed by atoms with E-state index in [9.17, 15) is 18.8 Å². The van der Waals surface area contributed by atoms with Crippen LogP contribution in [0.4, 0.5) is 4.39 Å². The van der Waals surface area contributed by atoms with Gasteiger partial charge in [0, 0.05) is 22.9 Å². The molecule has 0 saturated heterocycles. The molecule has 7 nitrogen and oxygen atoms in total. The lowest BCUT2D eigenvalue weighted by atomic mass is 9.69. The van der Waals surface area contributed by atoms with E-state index in [0.717, 1.165) is 5.56 Å². The molecule has 1 N–H and O–H groups in total. The number of allylic oxidation sites excluding steroid dienone is 3. The number of esters is 2. The summed E-state index contributed by atoms with van der Waals surface area (Å²) in [4.78, 5) is 39.6. The highest BCUT2D eigenvalue weighted by Gasteiger charge is 2.47. The number of nitrogens with one attached hydrogen (secondary N) is 1. The van der Waals surface area contributed by atoms with Crippen LogP contribution in [0.15, 0.2) is 71.1 Å². The van der Waals surface area contributed by atoms with E-state index in [1.165, 1.54) is 25.3 Å². The molecule has 0 spiro atoms. The Balaban J connectivity index is 1.72. The summed E-state index contributed by atoms with van der Waals surface area (Å²) in [6.45, 7) is 3.53. The maximum atomic E-state index is 14.3. The number of hydrogen-bond acceptors (Lipinski definition) is 7. The topological polar surface area (TPSA) is 90.9 Å². The van der Waals surface area contributed by atoms with Crippen LogP contribution in [-0.4, -0.2) is 31.9 Å². The first-order valence-electron chi connectivity index (χ1n) is 11.6. The van der Waals surface area contributed by atoms with Crippen molar-refractivity contribution in [3.63, 3.8) is 0 Å². The molecule has 2 aromatic rings. The number of methoxy groups -OCH3 is 2. The van der Waals surface area contributed by atoms with Gasteiger partial charge in [-0.05, 0) is 54.7 Å². The highest BCUT2D eigenvalue weighted by molar-refractivity contribution is 6.12. The highest BCUT2D eigenvalue weighted by atomic mass is 19.1. The molecule has 1 aliphatic carbocycles. The fourth-order valence-electron chi connectivity index (χ4n) is 4.92. The molecule has 0 bridgehead atoms. The summed E-state index contributed by atoms with van der Waals surface area (Å²) < 4.78 is 30.0. The van der Waals surface area contributed by atoms with Gasteiger partial charge in [0.05, 0.1) is 19.8 Å². The Hall–Kier alpha value is -3.94. The minimum atomic E-state index is -1.01. The van der Waals surface area contributed by atoms with E-state index in [1.807, 2.05) is 0 Å². The third kappa shape index (κ3) is 4.76. The van der Waals surface area contributed by atoms with Gasteiger partial charge in [-0.3, -0.25) is 9.59 Å². The van der Waals surface area contributed by atoms with E-state index in [0.29, 0.717) is 29.1 Å². The Kier molecular flexibility index (Phi) is 7.24. The molecule has 2 aliphatic rings. The molecule has 0 fully saturated rings. The van der Waals surface area contributed by atoms with Crippen molar-refractivity contribution in [2.24, 2.45) is 11.8 Å². The minimum absolute atomic E-state index is 0.00283. The third-order valence-corrected chi connectivity index (χ3v) is 6.67. The van der Waals surface area contributed by atoms with Crippen molar-refractivity contribution in [1.82, 2.24) is 5.32 Å². The maximum Gasteiger partial charge on any atom is 0.337 e. The van der Waals surface area contributed by atoms with Crippen LogP contribution >= 0.6 is 0 Å². The molecule has 0 amide bonds. The summed E-state index contributed by atoms with van der Waals surface area (Å²) in [6.07, 6.45) is 0.401. The number of hydrogen-bond donors (Lipinski definition) is 1. The Bertz CT molecular complexity index is 1260. The SMILES string of the molecule is COC(=O)[C@H]1C(=O)C2=C(C[C@@H]1C)NC(C)=C(C(=O)OCc1ccc(OC)cc1)[C@H]2c1cccc(F)c1. The summed E-state index contributed by atoms with van der Waals surface area (Å²) in [5.74, 6) is -3.75. The van der Waals surface area contributed by atoms with Crippen LogP contribution in [0.25, 0.3) is 0 Å². The number of halogens is 1. The van der Waals surface area contributed by atoms with Gasteiger partial charge in [-0.15, -0.1) is 0 Å². The lowest BCUT2D eigenvalue weighted by molar-refractivity contribution is -0.151. The molecule has 3 atom stereocenters. The van der Waals surface area contributed by atoms with Crippen LogP contribution in [0.2, 0.25) is 0 Å². The number of benzene rings is 2. The Morgan fingerprint density at radius 2 is 1.83 bits per heavy atom. The molecular formula is C28H28FNO6. The second-order valence-corrected chi connectivity index (χ2v) is 9.01. The molecule has 0 aromatic heterocycles. The van der Waals surface area contributed by atoms with Gasteiger partial charge in [-0.2, -0.15) is 0 Å². The molecule has 0 saturated carbocycles. The predicted octanol–water partition coefficient (Wildman–Crippen LogP) is 4.19. The zero-order chi connectivity index (χ0) is 26.0. The van der Waals surface area contributed by atoms with Crippen molar-refractivity contribution in [3.05, 3.63) is 88.0 Å². The first-order chi connectivity index (χ1) is 17.2. The van der Waals surface area contributed by atoms with Gasteiger partial charge in [0.1, 0.15) is 24.1 Å². The van der Waals surface area contributed by atoms with Crippen molar-refractivity contribution >= 4 is 17.7 Å². The molecule has 1 aliphatic heterocycles. The first kappa shape index (κ1) is 25.2. The molecular weight excluding hydrogens is 465 g/mol. The van der Waals surface area contributed by atoms with E-state index in [4.69, 9.17) is 14.2 Å². The van der Waals surface area contributed by atoms with Crippen LogP contribution in [0.5, 0.6) is 5.75 Å². The second-order valence-electron chi connectivity index (χ2n) is 9.01. The lowest BCUT2D eigenvalue weighted by Crippen LogP contribution is -2.43. The van der Waals surface area contributed by atoms with Crippen molar-refractivity contribution in [2.45, 2.75) is 32.8 Å². The number of carbonyl (C=O) groups excluding carboxylic acids is 3. The van der Waals surface area contributed by atoms with Crippen molar-refractivity contribution in [1.29, 1.82) is 0 Å². The lowest BCUT2D eigenvalue weighted by Gasteiger charge is -2.38. The van der Waals surface area contributed by atoms with Crippen LogP contribution < -0.4 is 10.1 Å². The Morgan fingerprint density at radius 1 is 1.11 bits per heavy atom. The highest BCUT2D eigenvalue weighted by Crippen LogP contribution is 2.45.